The van der Waals surface area contributed by atoms with Gasteiger partial charge in [-0.25, -0.2) is 8.42 Å². The van der Waals surface area contributed by atoms with Crippen LogP contribution in [0.15, 0.2) is 0 Å². The summed E-state index contributed by atoms with van der Waals surface area (Å²) in [5.74, 6) is -1.89. The Balaban J connectivity index is 2.69. The Kier molecular flexibility index (Phi) is 4.78. The summed E-state index contributed by atoms with van der Waals surface area (Å²) in [6.45, 7) is 0. The Hall–Kier alpha value is -0.800. The molecule has 98 valence electrons. The minimum Gasteiger partial charge on any atom is -0.480 e. The fourth-order valence-corrected chi connectivity index (χ4v) is 4.51. The molecule has 17 heavy (non-hydrogen) atoms. The molecule has 0 aromatic heterocycles. The van der Waals surface area contributed by atoms with Crippen LogP contribution >= 0.6 is 11.8 Å². The van der Waals surface area contributed by atoms with Crippen LogP contribution in [0.3, 0.4) is 0 Å². The third kappa shape index (κ3) is 3.58. The molecule has 1 heterocycles. The van der Waals surface area contributed by atoms with Crippen molar-refractivity contribution in [2.24, 2.45) is 0 Å². The fourth-order valence-electron chi connectivity index (χ4n) is 1.33. The van der Waals surface area contributed by atoms with E-state index >= 15 is 0 Å². The molecule has 0 amide bonds. The first-order chi connectivity index (χ1) is 7.88. The highest BCUT2D eigenvalue weighted by Gasteiger charge is 2.39. The molecule has 0 aliphatic carbocycles. The summed E-state index contributed by atoms with van der Waals surface area (Å²) >= 11 is 1.24. The zero-order chi connectivity index (χ0) is 13.1. The molecule has 1 atom stereocenters. The van der Waals surface area contributed by atoms with Gasteiger partial charge in [-0.05, 0) is 0 Å². The molecule has 1 aliphatic rings. The van der Waals surface area contributed by atoms with Gasteiger partial charge < -0.3 is 9.84 Å². The number of rotatable bonds is 5. The first-order valence-electron chi connectivity index (χ1n) is 4.75. The Morgan fingerprint density at radius 1 is 1.53 bits per heavy atom. The van der Waals surface area contributed by atoms with E-state index in [9.17, 15) is 18.0 Å². The van der Waals surface area contributed by atoms with Crippen molar-refractivity contribution in [3.05, 3.63) is 0 Å². The second-order valence-electron chi connectivity index (χ2n) is 3.38. The van der Waals surface area contributed by atoms with Gasteiger partial charge >= 0.3 is 11.9 Å². The Labute approximate surface area is 103 Å². The first-order valence-corrected chi connectivity index (χ1v) is 7.51. The van der Waals surface area contributed by atoms with Gasteiger partial charge in [0.2, 0.25) is 10.0 Å². The number of carboxylic acids is 1. The zero-order valence-corrected chi connectivity index (χ0v) is 10.8. The lowest BCUT2D eigenvalue weighted by Gasteiger charge is -2.19. The van der Waals surface area contributed by atoms with E-state index in [0.717, 1.165) is 4.31 Å². The van der Waals surface area contributed by atoms with Crippen molar-refractivity contribution < 1.29 is 27.9 Å². The van der Waals surface area contributed by atoms with E-state index in [4.69, 9.17) is 5.11 Å². The van der Waals surface area contributed by atoms with Gasteiger partial charge in [-0.2, -0.15) is 4.31 Å². The van der Waals surface area contributed by atoms with Crippen molar-refractivity contribution in [1.29, 1.82) is 0 Å². The average molecular weight is 283 g/mol. The van der Waals surface area contributed by atoms with Gasteiger partial charge in [-0.1, -0.05) is 0 Å². The molecule has 0 radical (unpaired) electrons. The van der Waals surface area contributed by atoms with E-state index in [-0.39, 0.29) is 18.1 Å². The summed E-state index contributed by atoms with van der Waals surface area (Å²) in [5.41, 5.74) is 0. The number of sulfonamides is 1. The second-order valence-corrected chi connectivity index (χ2v) is 6.42. The minimum atomic E-state index is -3.73. The number of hydrogen-bond acceptors (Lipinski definition) is 6. The Morgan fingerprint density at radius 3 is 2.71 bits per heavy atom. The molecule has 0 saturated carbocycles. The van der Waals surface area contributed by atoms with Crippen LogP contribution in [0.5, 0.6) is 0 Å². The van der Waals surface area contributed by atoms with Crippen LogP contribution in [0.1, 0.15) is 6.42 Å². The van der Waals surface area contributed by atoms with Crippen molar-refractivity contribution in [3.63, 3.8) is 0 Å². The van der Waals surface area contributed by atoms with Crippen molar-refractivity contribution in [2.45, 2.75) is 12.5 Å². The average Bonchev–Trinajstić information content (AvgIpc) is 2.75. The molecule has 1 N–H and O–H groups in total. The predicted molar refractivity (Wildman–Crippen MR) is 61.0 cm³/mol. The molecule has 1 fully saturated rings. The normalized spacial score (nSPS) is 21.4. The number of aliphatic carboxylic acids is 1. The molecule has 0 aromatic rings. The SMILES string of the molecule is COC(=O)CCS(=O)(=O)N1CSCC1C(=O)O. The van der Waals surface area contributed by atoms with E-state index in [1.165, 1.54) is 18.9 Å². The second kappa shape index (κ2) is 5.69. The summed E-state index contributed by atoms with van der Waals surface area (Å²) in [5, 5.41) is 8.86. The summed E-state index contributed by atoms with van der Waals surface area (Å²) in [7, 11) is -2.56. The number of carboxylic acid groups (broad SMARTS) is 1. The van der Waals surface area contributed by atoms with Crippen LogP contribution in [0, 0.1) is 0 Å². The largest absolute Gasteiger partial charge is 0.480 e. The van der Waals surface area contributed by atoms with Crippen LogP contribution in [-0.4, -0.2) is 60.3 Å². The molecule has 1 aliphatic heterocycles. The molecule has 1 rings (SSSR count). The highest BCUT2D eigenvalue weighted by molar-refractivity contribution is 8.00. The van der Waals surface area contributed by atoms with Gasteiger partial charge in [0, 0.05) is 5.75 Å². The maximum atomic E-state index is 11.8. The van der Waals surface area contributed by atoms with Gasteiger partial charge in [-0.15, -0.1) is 11.8 Å². The number of methoxy groups -OCH3 is 1. The number of nitrogens with zero attached hydrogens (tertiary/aromatic N) is 1. The number of carbonyl (C=O) groups excluding carboxylic acids is 1. The van der Waals surface area contributed by atoms with Crippen molar-refractivity contribution in [1.82, 2.24) is 4.31 Å². The molecule has 0 aromatic carbocycles. The summed E-state index contributed by atoms with van der Waals surface area (Å²) < 4.78 is 28.9. The Bertz CT molecular complexity index is 406. The third-order valence-electron chi connectivity index (χ3n) is 2.28. The highest BCUT2D eigenvalue weighted by Crippen LogP contribution is 2.24. The van der Waals surface area contributed by atoms with Crippen LogP contribution in [0.25, 0.3) is 0 Å². The lowest BCUT2D eigenvalue weighted by Crippen LogP contribution is -2.43. The number of hydrogen-bond donors (Lipinski definition) is 1. The van der Waals surface area contributed by atoms with Gasteiger partial charge in [0.05, 0.1) is 25.2 Å². The van der Waals surface area contributed by atoms with Crippen LogP contribution < -0.4 is 0 Å². The lowest BCUT2D eigenvalue weighted by atomic mass is 10.4. The molecule has 7 nitrogen and oxygen atoms in total. The monoisotopic (exact) mass is 283 g/mol. The van der Waals surface area contributed by atoms with Crippen LogP contribution in [0.2, 0.25) is 0 Å². The lowest BCUT2D eigenvalue weighted by molar-refractivity contribution is -0.140. The van der Waals surface area contributed by atoms with Crippen molar-refractivity contribution in [2.75, 3.05) is 24.5 Å². The van der Waals surface area contributed by atoms with E-state index in [2.05, 4.69) is 4.74 Å². The molecule has 1 saturated heterocycles. The third-order valence-corrected chi connectivity index (χ3v) is 5.27. The standard InChI is InChI=1S/C8H13NO6S2/c1-15-7(10)2-3-17(13,14)9-5-16-4-6(9)8(11)12/h6H,2-5H2,1H3,(H,11,12). The summed E-state index contributed by atoms with van der Waals surface area (Å²) in [4.78, 5) is 21.7. The number of carbonyl (C=O) groups is 2. The van der Waals surface area contributed by atoms with Crippen LogP contribution in [0.4, 0.5) is 0 Å². The molecule has 0 spiro atoms. The number of thioether (sulfide) groups is 1. The number of ether oxygens (including phenoxy) is 1. The van der Waals surface area contributed by atoms with E-state index in [0.29, 0.717) is 0 Å². The van der Waals surface area contributed by atoms with Crippen LogP contribution in [-0.2, 0) is 24.3 Å². The molecule has 1 unspecified atom stereocenters. The molecule has 9 heteroatoms. The maximum Gasteiger partial charge on any atom is 0.322 e. The minimum absolute atomic E-state index is 0.112. The molecule has 0 bridgehead atoms. The number of esters is 1. The molecular weight excluding hydrogens is 270 g/mol. The topological polar surface area (TPSA) is 101 Å². The van der Waals surface area contributed by atoms with Gasteiger partial charge in [0.1, 0.15) is 6.04 Å². The maximum absolute atomic E-state index is 11.8. The molecular formula is C8H13NO6S2. The van der Waals surface area contributed by atoms with E-state index < -0.39 is 33.8 Å². The summed E-state index contributed by atoms with van der Waals surface area (Å²) in [6.07, 6.45) is -0.271. The van der Waals surface area contributed by atoms with Crippen molar-refractivity contribution in [3.8, 4) is 0 Å². The quantitative estimate of drug-likeness (QED) is 0.668. The van der Waals surface area contributed by atoms with E-state index in [1.54, 1.807) is 0 Å². The first kappa shape index (κ1) is 14.3. The highest BCUT2D eigenvalue weighted by atomic mass is 32.2. The zero-order valence-electron chi connectivity index (χ0n) is 9.16. The van der Waals surface area contributed by atoms with Crippen molar-refractivity contribution >= 4 is 33.7 Å². The Morgan fingerprint density at radius 2 is 2.18 bits per heavy atom. The smallest absolute Gasteiger partial charge is 0.322 e. The van der Waals surface area contributed by atoms with Gasteiger partial charge in [0.15, 0.2) is 0 Å². The predicted octanol–water partition coefficient (Wildman–Crippen LogP) is -0.661. The van der Waals surface area contributed by atoms with E-state index in [1.807, 2.05) is 0 Å². The van der Waals surface area contributed by atoms with Gasteiger partial charge in [-0.3, -0.25) is 9.59 Å². The van der Waals surface area contributed by atoms with Gasteiger partial charge in [0.25, 0.3) is 0 Å². The summed E-state index contributed by atoms with van der Waals surface area (Å²) in [6, 6.07) is -1.04. The fraction of sp³-hybridized carbons (Fsp3) is 0.750.